The number of hydrogen-bond acceptors (Lipinski definition) is 3. The van der Waals surface area contributed by atoms with Crippen LogP contribution in [0, 0.1) is 5.92 Å². The second kappa shape index (κ2) is 7.74. The van der Waals surface area contributed by atoms with E-state index in [4.69, 9.17) is 12.2 Å². The van der Waals surface area contributed by atoms with Crippen LogP contribution in [-0.4, -0.2) is 17.6 Å². The van der Waals surface area contributed by atoms with Gasteiger partial charge in [0, 0.05) is 6.42 Å². The molecule has 0 heterocycles. The first-order valence-corrected chi connectivity index (χ1v) is 6.44. The van der Waals surface area contributed by atoms with Crippen molar-refractivity contribution >= 4 is 28.9 Å². The number of benzene rings is 1. The summed E-state index contributed by atoms with van der Waals surface area (Å²) in [6.45, 7) is 0.881. The molecule has 1 rings (SSSR count). The lowest BCUT2D eigenvalue weighted by Crippen LogP contribution is -2.34. The van der Waals surface area contributed by atoms with Gasteiger partial charge in [0.15, 0.2) is 5.11 Å². The zero-order valence-corrected chi connectivity index (χ0v) is 12.0. The predicted molar refractivity (Wildman–Crippen MR) is 76.9 cm³/mol. The van der Waals surface area contributed by atoms with Gasteiger partial charge in [0.1, 0.15) is 5.75 Å². The first-order chi connectivity index (χ1) is 9.38. The molecule has 1 aromatic carbocycles. The molecule has 110 valence electrons. The topological polar surface area (TPSA) is 50.4 Å². The molecule has 1 amide bonds. The summed E-state index contributed by atoms with van der Waals surface area (Å²) in [5.74, 6) is -0.0695. The molecule has 4 nitrogen and oxygen atoms in total. The molecule has 0 spiro atoms. The van der Waals surface area contributed by atoms with Crippen LogP contribution >= 0.6 is 12.2 Å². The van der Waals surface area contributed by atoms with Crippen LogP contribution in [0.1, 0.15) is 20.3 Å². The number of anilines is 1. The van der Waals surface area contributed by atoms with Crippen LogP contribution in [0.15, 0.2) is 24.3 Å². The molecule has 0 fully saturated rings. The molecule has 0 atom stereocenters. The van der Waals surface area contributed by atoms with Gasteiger partial charge < -0.3 is 15.4 Å². The van der Waals surface area contributed by atoms with Gasteiger partial charge in [-0.25, -0.2) is 0 Å². The molecule has 0 saturated carbocycles. The zero-order chi connectivity index (χ0) is 15.1. The highest BCUT2D eigenvalue weighted by molar-refractivity contribution is 7.80. The number of alkyl halides is 2. The van der Waals surface area contributed by atoms with Crippen molar-refractivity contribution < 1.29 is 18.3 Å². The summed E-state index contributed by atoms with van der Waals surface area (Å²) in [6.07, 6.45) is 0.330. The molecule has 0 saturated heterocycles. The van der Waals surface area contributed by atoms with Crippen molar-refractivity contribution in [2.45, 2.75) is 26.9 Å². The van der Waals surface area contributed by atoms with Gasteiger partial charge in [0.05, 0.1) is 5.69 Å². The predicted octanol–water partition coefficient (Wildman–Crippen LogP) is 3.15. The summed E-state index contributed by atoms with van der Waals surface area (Å²) in [4.78, 5) is 11.5. The van der Waals surface area contributed by atoms with E-state index in [9.17, 15) is 13.6 Å². The van der Waals surface area contributed by atoms with Gasteiger partial charge in [0.25, 0.3) is 0 Å². The standard InChI is InChI=1S/C13H16F2N2O2S/c1-8(2)7-11(18)17-13(20)16-9-5-3-4-6-10(9)19-12(14)15/h3-6,8,12H,7H2,1-2H3,(H2,16,17,18,20). The highest BCUT2D eigenvalue weighted by atomic mass is 32.1. The molecule has 1 aromatic rings. The highest BCUT2D eigenvalue weighted by Gasteiger charge is 2.11. The van der Waals surface area contributed by atoms with Gasteiger partial charge >= 0.3 is 6.61 Å². The fourth-order valence-electron chi connectivity index (χ4n) is 1.47. The molecule has 20 heavy (non-hydrogen) atoms. The molecule has 0 aliphatic rings. The highest BCUT2D eigenvalue weighted by Crippen LogP contribution is 2.25. The fourth-order valence-corrected chi connectivity index (χ4v) is 1.69. The first kappa shape index (κ1) is 16.3. The zero-order valence-electron chi connectivity index (χ0n) is 11.2. The number of carbonyl (C=O) groups is 1. The molecular formula is C13H16F2N2O2S. The molecule has 2 N–H and O–H groups in total. The molecule has 0 radical (unpaired) electrons. The Hall–Kier alpha value is -1.76. The van der Waals surface area contributed by atoms with Crippen LogP contribution in [0.5, 0.6) is 5.75 Å². The summed E-state index contributed by atoms with van der Waals surface area (Å²) in [6, 6.07) is 6.11. The van der Waals surface area contributed by atoms with Crippen LogP contribution < -0.4 is 15.4 Å². The normalized spacial score (nSPS) is 10.5. The number of hydrogen-bond donors (Lipinski definition) is 2. The van der Waals surface area contributed by atoms with E-state index in [2.05, 4.69) is 15.4 Å². The Morgan fingerprint density at radius 3 is 2.60 bits per heavy atom. The van der Waals surface area contributed by atoms with Gasteiger partial charge in [0.2, 0.25) is 5.91 Å². The Labute approximate surface area is 121 Å². The summed E-state index contributed by atoms with van der Waals surface area (Å²) in [5, 5.41) is 5.18. The Kier molecular flexibility index (Phi) is 6.30. The summed E-state index contributed by atoms with van der Waals surface area (Å²) >= 11 is 4.95. The number of ether oxygens (including phenoxy) is 1. The van der Waals surface area contributed by atoms with Crippen LogP contribution in [0.25, 0.3) is 0 Å². The van der Waals surface area contributed by atoms with Crippen LogP contribution in [-0.2, 0) is 4.79 Å². The molecule has 0 aliphatic heterocycles. The average Bonchev–Trinajstić information content (AvgIpc) is 2.29. The maximum atomic E-state index is 12.2. The minimum Gasteiger partial charge on any atom is -0.433 e. The van der Waals surface area contributed by atoms with E-state index in [-0.39, 0.29) is 28.4 Å². The Bertz CT molecular complexity index is 481. The SMILES string of the molecule is CC(C)CC(=O)NC(=S)Nc1ccccc1OC(F)F. The summed E-state index contributed by atoms with van der Waals surface area (Å²) in [7, 11) is 0. The van der Waals surface area contributed by atoms with Crippen LogP contribution in [0.4, 0.5) is 14.5 Å². The van der Waals surface area contributed by atoms with E-state index in [1.807, 2.05) is 13.8 Å². The van der Waals surface area contributed by atoms with Gasteiger partial charge in [-0.3, -0.25) is 4.79 Å². The largest absolute Gasteiger partial charge is 0.433 e. The lowest BCUT2D eigenvalue weighted by atomic mass is 10.1. The smallest absolute Gasteiger partial charge is 0.387 e. The second-order valence-electron chi connectivity index (χ2n) is 4.47. The van der Waals surface area contributed by atoms with E-state index in [1.165, 1.54) is 12.1 Å². The average molecular weight is 302 g/mol. The number of para-hydroxylation sites is 2. The molecule has 0 bridgehead atoms. The van der Waals surface area contributed by atoms with Crippen molar-refractivity contribution in [1.82, 2.24) is 5.32 Å². The fraction of sp³-hybridized carbons (Fsp3) is 0.385. The second-order valence-corrected chi connectivity index (χ2v) is 4.88. The van der Waals surface area contributed by atoms with E-state index in [0.29, 0.717) is 6.42 Å². The lowest BCUT2D eigenvalue weighted by Gasteiger charge is -2.14. The molecule has 0 unspecified atom stereocenters. The van der Waals surface area contributed by atoms with Crippen molar-refractivity contribution in [3.63, 3.8) is 0 Å². The first-order valence-electron chi connectivity index (χ1n) is 6.03. The number of halogens is 2. The molecular weight excluding hydrogens is 286 g/mol. The quantitative estimate of drug-likeness (QED) is 0.820. The molecule has 0 aliphatic carbocycles. The maximum absolute atomic E-state index is 12.2. The maximum Gasteiger partial charge on any atom is 0.387 e. The third-order valence-corrected chi connectivity index (χ3v) is 2.40. The number of amides is 1. The van der Waals surface area contributed by atoms with Crippen LogP contribution in [0.3, 0.4) is 0 Å². The minimum atomic E-state index is -2.93. The van der Waals surface area contributed by atoms with E-state index in [0.717, 1.165) is 0 Å². The Morgan fingerprint density at radius 2 is 2.00 bits per heavy atom. The van der Waals surface area contributed by atoms with Crippen molar-refractivity contribution in [2.75, 3.05) is 5.32 Å². The van der Waals surface area contributed by atoms with Crippen LogP contribution in [0.2, 0.25) is 0 Å². The Morgan fingerprint density at radius 1 is 1.35 bits per heavy atom. The van der Waals surface area contributed by atoms with Gasteiger partial charge in [-0.2, -0.15) is 8.78 Å². The van der Waals surface area contributed by atoms with Crippen molar-refractivity contribution in [3.05, 3.63) is 24.3 Å². The third kappa shape index (κ3) is 5.92. The number of nitrogens with one attached hydrogen (secondary N) is 2. The van der Waals surface area contributed by atoms with Gasteiger partial charge in [-0.05, 0) is 30.3 Å². The third-order valence-electron chi connectivity index (χ3n) is 2.20. The summed E-state index contributed by atoms with van der Waals surface area (Å²) < 4.78 is 28.8. The summed E-state index contributed by atoms with van der Waals surface area (Å²) in [5.41, 5.74) is 0.266. The van der Waals surface area contributed by atoms with E-state index >= 15 is 0 Å². The van der Waals surface area contributed by atoms with Crippen molar-refractivity contribution in [2.24, 2.45) is 5.92 Å². The lowest BCUT2D eigenvalue weighted by molar-refractivity contribution is -0.120. The monoisotopic (exact) mass is 302 g/mol. The van der Waals surface area contributed by atoms with E-state index in [1.54, 1.807) is 12.1 Å². The van der Waals surface area contributed by atoms with E-state index < -0.39 is 6.61 Å². The number of carbonyl (C=O) groups excluding carboxylic acids is 1. The molecule has 7 heteroatoms. The van der Waals surface area contributed by atoms with Gasteiger partial charge in [-0.1, -0.05) is 26.0 Å². The molecule has 0 aromatic heterocycles. The van der Waals surface area contributed by atoms with Crippen molar-refractivity contribution in [1.29, 1.82) is 0 Å². The number of thiocarbonyl (C=S) groups is 1. The van der Waals surface area contributed by atoms with Gasteiger partial charge in [-0.15, -0.1) is 0 Å². The minimum absolute atomic E-state index is 0.0389. The Balaban J connectivity index is 2.64. The number of rotatable bonds is 5. The van der Waals surface area contributed by atoms with Crippen molar-refractivity contribution in [3.8, 4) is 5.75 Å².